The van der Waals surface area contributed by atoms with Crippen molar-refractivity contribution in [3.63, 3.8) is 0 Å². The fourth-order valence-corrected chi connectivity index (χ4v) is 2.51. The topological polar surface area (TPSA) is 64.7 Å². The quantitative estimate of drug-likeness (QED) is 0.432. The van der Waals surface area contributed by atoms with Gasteiger partial charge in [-0.25, -0.2) is 19.9 Å². The molecule has 5 aromatic rings. The van der Waals surface area contributed by atoms with E-state index in [9.17, 15) is 0 Å². The van der Waals surface area contributed by atoms with Crippen molar-refractivity contribution in [1.29, 1.82) is 0 Å². The highest BCUT2D eigenvalue weighted by Crippen LogP contribution is 2.26. The predicted molar refractivity (Wildman–Crippen MR) is 79.9 cm³/mol. The Hall–Kier alpha value is -3.08. The minimum absolute atomic E-state index is 0.471. The molecule has 0 unspecified atom stereocenters. The Labute approximate surface area is 118 Å². The van der Waals surface area contributed by atoms with Gasteiger partial charge in [0.25, 0.3) is 0 Å². The van der Waals surface area contributed by atoms with Crippen molar-refractivity contribution in [1.82, 2.24) is 19.9 Å². The Bertz CT molecular complexity index is 1060. The lowest BCUT2D eigenvalue weighted by Gasteiger charge is -1.95. The summed E-state index contributed by atoms with van der Waals surface area (Å²) in [4.78, 5) is 18.2. The van der Waals surface area contributed by atoms with Gasteiger partial charge in [-0.3, -0.25) is 0 Å². The first-order valence-electron chi connectivity index (χ1n) is 6.60. The fourth-order valence-electron chi connectivity index (χ4n) is 2.51. The van der Waals surface area contributed by atoms with E-state index < -0.39 is 0 Å². The number of fused-ring (bicyclic) bond motifs is 5. The summed E-state index contributed by atoms with van der Waals surface area (Å²) in [5, 5.41) is 0. The standard InChI is InChI=1S/C16H8N4O/c1-3-7-11-9(5-1)17-13-14-16(21-15(13)19-11)20-12-8-4-2-6-10(12)18-14/h1-8H. The molecule has 0 atom stereocenters. The predicted octanol–water partition coefficient (Wildman–Crippen LogP) is 3.47. The summed E-state index contributed by atoms with van der Waals surface area (Å²) in [6.07, 6.45) is 0. The van der Waals surface area contributed by atoms with Crippen LogP contribution in [-0.4, -0.2) is 19.9 Å². The number of furan rings is 1. The largest absolute Gasteiger partial charge is 0.416 e. The van der Waals surface area contributed by atoms with Crippen molar-refractivity contribution in [3.8, 4) is 0 Å². The highest BCUT2D eigenvalue weighted by atomic mass is 16.3. The van der Waals surface area contributed by atoms with Crippen LogP contribution in [0.25, 0.3) is 44.5 Å². The van der Waals surface area contributed by atoms with E-state index in [-0.39, 0.29) is 0 Å². The van der Waals surface area contributed by atoms with Crippen LogP contribution in [0.5, 0.6) is 0 Å². The molecule has 0 radical (unpaired) electrons. The molecule has 0 bridgehead atoms. The first-order valence-corrected chi connectivity index (χ1v) is 6.60. The van der Waals surface area contributed by atoms with Crippen molar-refractivity contribution >= 4 is 44.5 Å². The molecule has 0 saturated heterocycles. The average Bonchev–Trinajstić information content (AvgIpc) is 2.87. The number of para-hydroxylation sites is 4. The van der Waals surface area contributed by atoms with Gasteiger partial charge < -0.3 is 4.42 Å². The molecule has 5 nitrogen and oxygen atoms in total. The molecule has 0 amide bonds. The Kier molecular flexibility index (Phi) is 1.90. The van der Waals surface area contributed by atoms with E-state index >= 15 is 0 Å². The Balaban J connectivity index is 2.01. The van der Waals surface area contributed by atoms with Crippen molar-refractivity contribution in [2.24, 2.45) is 0 Å². The molecule has 3 heterocycles. The van der Waals surface area contributed by atoms with Crippen LogP contribution >= 0.6 is 0 Å². The number of aromatic nitrogens is 4. The molecule has 0 saturated carbocycles. The van der Waals surface area contributed by atoms with Gasteiger partial charge in [-0.2, -0.15) is 0 Å². The third-order valence-corrected chi connectivity index (χ3v) is 3.49. The van der Waals surface area contributed by atoms with Crippen LogP contribution in [0.3, 0.4) is 0 Å². The number of hydrogen-bond acceptors (Lipinski definition) is 5. The summed E-state index contributed by atoms with van der Waals surface area (Å²) >= 11 is 0. The van der Waals surface area contributed by atoms with Gasteiger partial charge in [0.05, 0.1) is 22.1 Å². The molecule has 5 heteroatoms. The second kappa shape index (κ2) is 3.73. The molecule has 0 aliphatic heterocycles. The zero-order chi connectivity index (χ0) is 13.8. The van der Waals surface area contributed by atoms with E-state index in [2.05, 4.69) is 19.9 Å². The van der Waals surface area contributed by atoms with Gasteiger partial charge >= 0.3 is 0 Å². The van der Waals surface area contributed by atoms with Crippen LogP contribution in [0.1, 0.15) is 0 Å². The number of hydrogen-bond donors (Lipinski definition) is 0. The Morgan fingerprint density at radius 2 is 0.905 bits per heavy atom. The Morgan fingerprint density at radius 3 is 1.33 bits per heavy atom. The van der Waals surface area contributed by atoms with E-state index in [1.807, 2.05) is 48.5 Å². The zero-order valence-electron chi connectivity index (χ0n) is 10.8. The van der Waals surface area contributed by atoms with Crippen LogP contribution in [0, 0.1) is 0 Å². The summed E-state index contributed by atoms with van der Waals surface area (Å²) in [6, 6.07) is 15.4. The van der Waals surface area contributed by atoms with Crippen LogP contribution in [-0.2, 0) is 0 Å². The van der Waals surface area contributed by atoms with Crippen LogP contribution in [0.2, 0.25) is 0 Å². The SMILES string of the molecule is c1ccc2nc3c(nc2c1)oc1nc2ccccc2nc13. The van der Waals surface area contributed by atoms with Crippen LogP contribution < -0.4 is 0 Å². The van der Waals surface area contributed by atoms with Crippen molar-refractivity contribution < 1.29 is 4.42 Å². The molecule has 2 aromatic carbocycles. The van der Waals surface area contributed by atoms with Gasteiger partial charge in [0, 0.05) is 0 Å². The molecule has 0 spiro atoms. The summed E-state index contributed by atoms with van der Waals surface area (Å²) < 4.78 is 5.72. The monoisotopic (exact) mass is 272 g/mol. The van der Waals surface area contributed by atoms with Gasteiger partial charge in [-0.1, -0.05) is 24.3 Å². The molecule has 0 aliphatic rings. The maximum Gasteiger partial charge on any atom is 0.250 e. The van der Waals surface area contributed by atoms with Crippen molar-refractivity contribution in [2.75, 3.05) is 0 Å². The number of rotatable bonds is 0. The van der Waals surface area contributed by atoms with E-state index in [4.69, 9.17) is 4.42 Å². The minimum Gasteiger partial charge on any atom is -0.416 e. The molecule has 5 rings (SSSR count). The Morgan fingerprint density at radius 1 is 0.524 bits per heavy atom. The van der Waals surface area contributed by atoms with E-state index in [1.54, 1.807) is 0 Å². The van der Waals surface area contributed by atoms with E-state index in [0.717, 1.165) is 22.1 Å². The second-order valence-corrected chi connectivity index (χ2v) is 4.83. The van der Waals surface area contributed by atoms with Gasteiger partial charge in [-0.05, 0) is 24.3 Å². The molecule has 21 heavy (non-hydrogen) atoms. The smallest absolute Gasteiger partial charge is 0.250 e. The molecule has 0 fully saturated rings. The highest BCUT2D eigenvalue weighted by Gasteiger charge is 2.14. The highest BCUT2D eigenvalue weighted by molar-refractivity contribution is 6.01. The molecule has 0 N–H and O–H groups in total. The van der Waals surface area contributed by atoms with Gasteiger partial charge in [0.1, 0.15) is 0 Å². The lowest BCUT2D eigenvalue weighted by Crippen LogP contribution is -1.86. The van der Waals surface area contributed by atoms with Crippen molar-refractivity contribution in [3.05, 3.63) is 48.5 Å². The molecule has 98 valence electrons. The summed E-state index contributed by atoms with van der Waals surface area (Å²) in [7, 11) is 0. The van der Waals surface area contributed by atoms with E-state index in [1.165, 1.54) is 0 Å². The average molecular weight is 272 g/mol. The number of nitrogens with zero attached hydrogens (tertiary/aromatic N) is 4. The summed E-state index contributed by atoms with van der Waals surface area (Å²) in [5.41, 5.74) is 5.49. The van der Waals surface area contributed by atoms with E-state index in [0.29, 0.717) is 22.5 Å². The normalized spacial score (nSPS) is 11.8. The first kappa shape index (κ1) is 10.7. The molecular weight excluding hydrogens is 264 g/mol. The van der Waals surface area contributed by atoms with Gasteiger partial charge in [0.15, 0.2) is 11.0 Å². The minimum atomic E-state index is 0.471. The third-order valence-electron chi connectivity index (χ3n) is 3.49. The lowest BCUT2D eigenvalue weighted by molar-refractivity contribution is 0.642. The summed E-state index contributed by atoms with van der Waals surface area (Å²) in [6.45, 7) is 0. The first-order chi connectivity index (χ1) is 10.4. The fraction of sp³-hybridized carbons (Fsp3) is 0. The summed E-state index contributed by atoms with van der Waals surface area (Å²) in [5.74, 6) is 0. The molecular formula is C16H8N4O. The zero-order valence-corrected chi connectivity index (χ0v) is 10.8. The third kappa shape index (κ3) is 1.45. The van der Waals surface area contributed by atoms with Crippen molar-refractivity contribution in [2.45, 2.75) is 0 Å². The second-order valence-electron chi connectivity index (χ2n) is 4.83. The maximum atomic E-state index is 5.72. The van der Waals surface area contributed by atoms with Crippen LogP contribution in [0.4, 0.5) is 0 Å². The molecule has 0 aliphatic carbocycles. The maximum absolute atomic E-state index is 5.72. The molecule has 3 aromatic heterocycles. The number of benzene rings is 2. The lowest BCUT2D eigenvalue weighted by atomic mass is 10.3. The van der Waals surface area contributed by atoms with Crippen LogP contribution in [0.15, 0.2) is 52.9 Å². The van der Waals surface area contributed by atoms with Gasteiger partial charge in [0.2, 0.25) is 11.4 Å². The van der Waals surface area contributed by atoms with Gasteiger partial charge in [-0.15, -0.1) is 0 Å².